The van der Waals surface area contributed by atoms with Crippen LogP contribution in [0.2, 0.25) is 15.1 Å². The fourth-order valence-electron chi connectivity index (χ4n) is 17.8. The molecule has 0 aliphatic carbocycles. The molecular formula is C93H103Cl3F10N30O6. The minimum absolute atomic E-state index is 0.0211. The van der Waals surface area contributed by atoms with E-state index in [0.717, 1.165) is 13.0 Å². The zero-order chi connectivity index (χ0) is 101. The van der Waals surface area contributed by atoms with Crippen LogP contribution in [0.4, 0.5) is 73.0 Å². The molecule has 5 fully saturated rings. The fourth-order valence-corrected chi connectivity index (χ4v) is 18.5. The fraction of sp³-hybridized carbons (Fsp3) is 0.409. The Morgan fingerprint density at radius 2 is 0.655 bits per heavy atom. The van der Waals surface area contributed by atoms with Gasteiger partial charge in [0.25, 0.3) is 0 Å². The van der Waals surface area contributed by atoms with Gasteiger partial charge < -0.3 is 81.4 Å². The van der Waals surface area contributed by atoms with Crippen molar-refractivity contribution in [3.63, 3.8) is 0 Å². The van der Waals surface area contributed by atoms with E-state index in [2.05, 4.69) is 127 Å². The molecule has 0 saturated carbocycles. The van der Waals surface area contributed by atoms with Crippen LogP contribution in [0.3, 0.4) is 0 Å². The highest BCUT2D eigenvalue weighted by Gasteiger charge is 2.46. The Balaban J connectivity index is 0.000000128. The van der Waals surface area contributed by atoms with E-state index < -0.39 is 88.9 Å². The molecule has 0 spiro atoms. The van der Waals surface area contributed by atoms with Crippen LogP contribution in [0, 0.1) is 46.6 Å². The summed E-state index contributed by atoms with van der Waals surface area (Å²) in [7, 11) is 1.51. The third-order valence-electron chi connectivity index (χ3n) is 25.2. The van der Waals surface area contributed by atoms with Gasteiger partial charge in [-0.25, -0.2) is 80.6 Å². The van der Waals surface area contributed by atoms with Gasteiger partial charge in [0, 0.05) is 175 Å². The number of aromatic amines is 5. The highest BCUT2D eigenvalue weighted by atomic mass is 35.5. The number of methoxy groups -OCH3 is 1. The second-order valence-electron chi connectivity index (χ2n) is 35.5. The van der Waals surface area contributed by atoms with Crippen molar-refractivity contribution < 1.29 is 74.2 Å². The minimum atomic E-state index is -4.57. The second kappa shape index (κ2) is 44.2. The van der Waals surface area contributed by atoms with Gasteiger partial charge >= 0.3 is 6.18 Å². The second-order valence-corrected chi connectivity index (χ2v) is 36.8. The van der Waals surface area contributed by atoms with Crippen LogP contribution in [-0.2, 0) is 4.74 Å². The van der Waals surface area contributed by atoms with Gasteiger partial charge in [-0.1, -0.05) is 62.5 Å². The van der Waals surface area contributed by atoms with Gasteiger partial charge in [-0.05, 0) is 111 Å². The van der Waals surface area contributed by atoms with Crippen molar-refractivity contribution in [1.29, 1.82) is 0 Å². The first-order chi connectivity index (χ1) is 68.1. The molecule has 15 aromatic heterocycles. The molecule has 20 heterocycles. The number of hydrogen-bond donors (Lipinski definition) is 15. The van der Waals surface area contributed by atoms with Gasteiger partial charge in [0.1, 0.15) is 51.5 Å². The topological polar surface area (TPSA) is 459 Å². The number of piperazine rings is 5. The summed E-state index contributed by atoms with van der Waals surface area (Å²) in [5.74, 6) is -3.63. The van der Waals surface area contributed by atoms with Crippen molar-refractivity contribution in [2.45, 2.75) is 127 Å². The number of aromatic nitrogens is 20. The molecule has 752 valence electrons. The monoisotopic (exact) mass is 2030 g/mol. The third-order valence-corrected chi connectivity index (χ3v) is 26.0. The molecule has 0 radical (unpaired) electrons. The van der Waals surface area contributed by atoms with Gasteiger partial charge in [-0.15, -0.1) is 0 Å². The summed E-state index contributed by atoms with van der Waals surface area (Å²) in [5.41, 5.74) is 1.13. The van der Waals surface area contributed by atoms with E-state index in [1.165, 1.54) is 36.4 Å². The maximum atomic E-state index is 14.7. The van der Waals surface area contributed by atoms with Crippen molar-refractivity contribution in [1.82, 2.24) is 127 Å². The van der Waals surface area contributed by atoms with Gasteiger partial charge in [-0.3, -0.25) is 25.5 Å². The van der Waals surface area contributed by atoms with E-state index in [1.54, 1.807) is 79.1 Å². The van der Waals surface area contributed by atoms with Crippen LogP contribution >= 0.6 is 34.8 Å². The largest absolute Gasteiger partial charge is 0.391 e. The molecule has 0 aromatic carbocycles. The van der Waals surface area contributed by atoms with Crippen molar-refractivity contribution in [3.05, 3.63) is 178 Å². The average Bonchev–Trinajstić information content (AvgIpc) is 1.51. The number of ether oxygens (including phenoxy) is 1. The molecule has 15 aromatic rings. The van der Waals surface area contributed by atoms with E-state index in [-0.39, 0.29) is 124 Å². The van der Waals surface area contributed by atoms with E-state index in [4.69, 9.17) is 39.5 Å². The smallest absolute Gasteiger partial charge is 0.391 e. The van der Waals surface area contributed by atoms with Crippen LogP contribution in [0.15, 0.2) is 122 Å². The Kier molecular flexibility index (Phi) is 31.9. The SMILES string of the molecule is CC(C)C(O)C1CN(c2nc(-c3[nH]nc4ncccc34)c(F)cc2Cl)CCN1.CC(O)(CC(F)(F)F)C1CN(c2nc(-c3[nH]nc4ncccc34)c(F)cc2F)CCN1.CCC(O)C1CN(c2nc(-c3[nH]nc4ncccc34)c(F)cc2Cl)CCN1.CCC(O)C1CN(c2nc(-c3[nH]nc4ncccc34)c(F)cc2Cl)CCN1.COCC(C)(O)C1CN(c2nc(-c3[nH]nc4ncccc34)c(F)cc2F)CCN1. The molecule has 5 aliphatic rings. The lowest BCUT2D eigenvalue weighted by molar-refractivity contribution is -0.178. The van der Waals surface area contributed by atoms with Crippen LogP contribution in [0.25, 0.3) is 112 Å². The Hall–Kier alpha value is -12.4. The Labute approximate surface area is 820 Å². The van der Waals surface area contributed by atoms with Crippen molar-refractivity contribution in [2.75, 3.05) is 136 Å². The van der Waals surface area contributed by atoms with Crippen molar-refractivity contribution in [3.8, 4) is 56.9 Å². The summed E-state index contributed by atoms with van der Waals surface area (Å²) in [6.45, 7) is 17.8. The number of nitrogens with zero attached hydrogens (tertiary/aromatic N) is 20. The van der Waals surface area contributed by atoms with E-state index >= 15 is 0 Å². The van der Waals surface area contributed by atoms with Gasteiger partial charge in [-0.2, -0.15) is 38.7 Å². The lowest BCUT2D eigenvalue weighted by atomic mass is 9.90. The molecule has 5 aliphatic heterocycles. The molecule has 142 heavy (non-hydrogen) atoms. The zero-order valence-corrected chi connectivity index (χ0v) is 79.9. The number of aliphatic hydroxyl groups is 5. The van der Waals surface area contributed by atoms with Crippen LogP contribution in [0.1, 0.15) is 60.8 Å². The van der Waals surface area contributed by atoms with E-state index in [1.807, 2.05) is 60.6 Å². The van der Waals surface area contributed by atoms with Gasteiger partial charge in [0.2, 0.25) is 0 Å². The molecular weight excluding hydrogens is 1930 g/mol. The normalized spacial score (nSPS) is 19.1. The summed E-state index contributed by atoms with van der Waals surface area (Å²) in [6.07, 6.45) is 1.85. The lowest BCUT2D eigenvalue weighted by Crippen LogP contribution is -2.62. The summed E-state index contributed by atoms with van der Waals surface area (Å²) in [6, 6.07) is 21.1. The minimum Gasteiger partial charge on any atom is -0.391 e. The summed E-state index contributed by atoms with van der Waals surface area (Å²) >= 11 is 19.0. The Morgan fingerprint density at radius 3 is 0.944 bits per heavy atom. The summed E-state index contributed by atoms with van der Waals surface area (Å²) in [4.78, 5) is 51.7. The molecule has 10 unspecified atom stereocenters. The van der Waals surface area contributed by atoms with Crippen LogP contribution in [0.5, 0.6) is 0 Å². The molecule has 15 N–H and O–H groups in total. The number of aliphatic hydroxyl groups excluding tert-OH is 3. The van der Waals surface area contributed by atoms with E-state index in [9.17, 15) is 69.4 Å². The summed E-state index contributed by atoms with van der Waals surface area (Å²) in [5, 5.41) is 106. The molecule has 20 rings (SSSR count). The standard InChI is InChI=1S/C19H22ClFN6O.C19H19F5N6O.C19H22F2N6O2.2C18H20ClFN6O/c1-10(2)17(28)14-9-27(7-6-22-14)19-12(20)8-13(21)16(24-19)15-11-4-3-5-23-18(11)26-25-15;1-18(31,9-19(22,23)24)13-8-30(6-5-25-13)17-12(21)7-11(20)15(27-17)14-10-3-2-4-26-16(10)29-28-14;1-19(28,10-29-2)14-9-27(7-6-22-14)18-13(21)8-12(20)16(24-18)15-11-4-3-5-23-17(11)26-25-15;2*1-2-14(27)13-9-26(7-6-21-13)18-11(19)8-12(20)16(23-18)15-10-4-3-5-22-17(10)25-24-15/h3-5,8,10,14,17,22,28H,6-7,9H2,1-2H3,(H,23,25,26);2-4,7,13,25,31H,5-6,8-9H2,1H3,(H,26,28,29);3-5,8,14,22,28H,6-7,9-10H2,1-2H3,(H,23,25,26);2*3-5,8,13-14,21,27H,2,6-7,9H2,1H3,(H,22,24,25). The number of H-pyrrole nitrogens is 5. The predicted octanol–water partition coefficient (Wildman–Crippen LogP) is 11.6. The first kappa shape index (κ1) is 102. The molecule has 10 atom stereocenters. The number of pyridine rings is 10. The lowest BCUT2D eigenvalue weighted by Gasteiger charge is -2.42. The maximum Gasteiger partial charge on any atom is 0.391 e. The highest BCUT2D eigenvalue weighted by molar-refractivity contribution is 6.34. The number of anilines is 5. The summed E-state index contributed by atoms with van der Waals surface area (Å²) < 4.78 is 146. The number of halogens is 13. The number of alkyl halides is 3. The number of rotatable bonds is 21. The Morgan fingerprint density at radius 1 is 0.387 bits per heavy atom. The first-order valence-corrected chi connectivity index (χ1v) is 46.9. The number of fused-ring (bicyclic) bond motifs is 5. The number of hydrogen-bond acceptors (Lipinski definition) is 31. The Bertz CT molecular complexity index is 6770. The molecule has 5 saturated heterocycles. The molecule has 0 amide bonds. The quantitative estimate of drug-likeness (QED) is 0.0297. The van der Waals surface area contributed by atoms with Crippen LogP contribution < -0.4 is 51.1 Å². The van der Waals surface area contributed by atoms with E-state index in [0.29, 0.717) is 186 Å². The van der Waals surface area contributed by atoms with Crippen LogP contribution in [-0.4, -0.2) is 304 Å². The maximum absolute atomic E-state index is 14.7. The first-order valence-electron chi connectivity index (χ1n) is 45.8. The average molecular weight is 2030 g/mol. The van der Waals surface area contributed by atoms with Crippen molar-refractivity contribution in [2.24, 2.45) is 5.92 Å². The zero-order valence-electron chi connectivity index (χ0n) is 77.7. The molecule has 0 bridgehead atoms. The molecule has 49 heteroatoms. The third kappa shape index (κ3) is 22.8. The van der Waals surface area contributed by atoms with Gasteiger partial charge in [0.05, 0.1) is 111 Å². The highest BCUT2D eigenvalue weighted by Crippen LogP contribution is 2.41. The van der Waals surface area contributed by atoms with Gasteiger partial charge in [0.15, 0.2) is 80.6 Å². The van der Waals surface area contributed by atoms with Crippen molar-refractivity contribution >= 4 is 119 Å². The predicted molar refractivity (Wildman–Crippen MR) is 518 cm³/mol. The number of nitrogens with one attached hydrogen (secondary N) is 10. The molecule has 36 nitrogen and oxygen atoms in total.